The smallest absolute Gasteiger partial charge is 0.300 e. The largest absolute Gasteiger partial charge is 0.412 e. The van der Waals surface area contributed by atoms with E-state index in [-0.39, 0.29) is 16.9 Å². The number of carbonyl (C=O) groups excluding carboxylic acids is 3. The van der Waals surface area contributed by atoms with Crippen molar-refractivity contribution in [1.29, 1.82) is 0 Å². The van der Waals surface area contributed by atoms with Crippen LogP contribution in [-0.2, 0) is 14.4 Å². The van der Waals surface area contributed by atoms with E-state index in [1.807, 2.05) is 13.8 Å². The van der Waals surface area contributed by atoms with Crippen LogP contribution in [0.25, 0.3) is 0 Å². The predicted octanol–water partition coefficient (Wildman–Crippen LogP) is 6.35. The number of halogens is 5. The van der Waals surface area contributed by atoms with E-state index < -0.39 is 35.1 Å². The topological polar surface area (TPSA) is 54.5 Å². The standard InChI is InChI=1S/C18H18ClF4NO3S.C2H6/c1-10(18(21,22)23)7-17(27)24(12(3)26)15-9-16(13(19)8-14(15)20)28-6-4-5-11(2)25;1-2/h7-9H,4-6H2,1-3H3;1-2H3/b10-7+;. The molecule has 0 aromatic heterocycles. The number of alkyl halides is 3. The van der Waals surface area contributed by atoms with E-state index in [0.29, 0.717) is 35.3 Å². The molecule has 0 unspecified atom stereocenters. The Morgan fingerprint density at radius 1 is 1.13 bits per heavy atom. The molecule has 10 heteroatoms. The van der Waals surface area contributed by atoms with Gasteiger partial charge in [-0.15, -0.1) is 11.8 Å². The van der Waals surface area contributed by atoms with Gasteiger partial charge in [-0.3, -0.25) is 9.59 Å². The van der Waals surface area contributed by atoms with E-state index in [1.165, 1.54) is 18.7 Å². The highest BCUT2D eigenvalue weighted by atomic mass is 35.5. The molecule has 1 aromatic carbocycles. The van der Waals surface area contributed by atoms with E-state index in [0.717, 1.165) is 19.1 Å². The van der Waals surface area contributed by atoms with E-state index in [1.54, 1.807) is 0 Å². The van der Waals surface area contributed by atoms with Gasteiger partial charge in [0.15, 0.2) is 0 Å². The Morgan fingerprint density at radius 2 is 1.70 bits per heavy atom. The third-order valence-electron chi connectivity index (χ3n) is 3.50. The minimum atomic E-state index is -4.76. The third-order valence-corrected chi connectivity index (χ3v) is 5.06. The third kappa shape index (κ3) is 8.87. The van der Waals surface area contributed by atoms with Gasteiger partial charge in [-0.2, -0.15) is 13.2 Å². The van der Waals surface area contributed by atoms with Gasteiger partial charge < -0.3 is 4.79 Å². The van der Waals surface area contributed by atoms with Gasteiger partial charge >= 0.3 is 6.18 Å². The normalized spacial score (nSPS) is 11.5. The molecule has 1 rings (SSSR count). The second-order valence-corrected chi connectivity index (χ2v) is 7.45. The van der Waals surface area contributed by atoms with Crippen molar-refractivity contribution in [3.05, 3.63) is 34.6 Å². The molecule has 0 saturated heterocycles. The van der Waals surface area contributed by atoms with E-state index in [2.05, 4.69) is 0 Å². The molecule has 4 nitrogen and oxygen atoms in total. The van der Waals surface area contributed by atoms with Crippen molar-refractivity contribution in [3.63, 3.8) is 0 Å². The fraction of sp³-hybridized carbons (Fsp3) is 0.450. The van der Waals surface area contributed by atoms with Crippen LogP contribution in [-0.4, -0.2) is 29.5 Å². The minimum Gasteiger partial charge on any atom is -0.300 e. The Bertz CT molecular complexity index is 810. The van der Waals surface area contributed by atoms with Crippen LogP contribution in [0.5, 0.6) is 0 Å². The van der Waals surface area contributed by atoms with E-state index in [4.69, 9.17) is 11.6 Å². The molecule has 0 fully saturated rings. The van der Waals surface area contributed by atoms with Crippen LogP contribution in [0.15, 0.2) is 28.7 Å². The number of nitrogens with zero attached hydrogens (tertiary/aromatic N) is 1. The highest BCUT2D eigenvalue weighted by molar-refractivity contribution is 7.99. The fourth-order valence-corrected chi connectivity index (χ4v) is 3.29. The molecule has 0 aliphatic heterocycles. The molecule has 0 spiro atoms. The molecule has 0 saturated carbocycles. The molecule has 0 atom stereocenters. The van der Waals surface area contributed by atoms with Crippen molar-refractivity contribution in [2.24, 2.45) is 0 Å². The lowest BCUT2D eigenvalue weighted by atomic mass is 10.2. The molecular weight excluding hydrogens is 446 g/mol. The maximum atomic E-state index is 14.3. The number of benzene rings is 1. The average molecular weight is 470 g/mol. The molecule has 0 aliphatic carbocycles. The maximum Gasteiger partial charge on any atom is 0.412 e. The lowest BCUT2D eigenvalue weighted by molar-refractivity contribution is -0.124. The number of ketones is 1. The summed E-state index contributed by atoms with van der Waals surface area (Å²) < 4.78 is 52.3. The Morgan fingerprint density at radius 3 is 2.17 bits per heavy atom. The van der Waals surface area contributed by atoms with Gasteiger partial charge in [0, 0.05) is 29.9 Å². The number of allylic oxidation sites excluding steroid dienone is 1. The molecule has 0 aliphatic rings. The summed E-state index contributed by atoms with van der Waals surface area (Å²) in [6, 6.07) is 2.01. The van der Waals surface area contributed by atoms with Crippen LogP contribution in [0.1, 0.15) is 47.5 Å². The lowest BCUT2D eigenvalue weighted by Crippen LogP contribution is -2.35. The van der Waals surface area contributed by atoms with Gasteiger partial charge in [0.1, 0.15) is 11.6 Å². The molecule has 1 aromatic rings. The maximum absolute atomic E-state index is 14.3. The molecule has 0 heterocycles. The van der Waals surface area contributed by atoms with Crippen molar-refractivity contribution in [2.45, 2.75) is 58.5 Å². The number of hydrogen-bond acceptors (Lipinski definition) is 4. The first-order valence-corrected chi connectivity index (χ1v) is 10.4. The lowest BCUT2D eigenvalue weighted by Gasteiger charge is -2.20. The predicted molar refractivity (Wildman–Crippen MR) is 111 cm³/mol. The van der Waals surface area contributed by atoms with Crippen LogP contribution in [0.3, 0.4) is 0 Å². The van der Waals surface area contributed by atoms with Crippen molar-refractivity contribution in [2.75, 3.05) is 10.7 Å². The van der Waals surface area contributed by atoms with E-state index >= 15 is 0 Å². The highest BCUT2D eigenvalue weighted by Crippen LogP contribution is 2.35. The zero-order chi connectivity index (χ0) is 23.6. The Hall–Kier alpha value is -1.87. The number of anilines is 1. The highest BCUT2D eigenvalue weighted by Gasteiger charge is 2.32. The molecule has 2 amide bonds. The summed E-state index contributed by atoms with van der Waals surface area (Å²) in [5.41, 5.74) is -1.72. The summed E-state index contributed by atoms with van der Waals surface area (Å²) in [5, 5.41) is 0.0204. The number of Topliss-reactive ketones (excluding diaryl/α,β-unsaturated/α-hetero) is 1. The zero-order valence-electron chi connectivity index (χ0n) is 17.3. The molecular formula is C20H24ClF4NO3S. The molecule has 30 heavy (non-hydrogen) atoms. The first-order chi connectivity index (χ1) is 13.8. The van der Waals surface area contributed by atoms with Gasteiger partial charge in [0.2, 0.25) is 5.91 Å². The molecule has 168 valence electrons. The van der Waals surface area contributed by atoms with Gasteiger partial charge in [0.05, 0.1) is 10.7 Å². The number of hydrogen-bond donors (Lipinski definition) is 0. The average Bonchev–Trinajstić information content (AvgIpc) is 2.62. The number of rotatable bonds is 7. The minimum absolute atomic E-state index is 0.00617. The number of thioether (sulfide) groups is 1. The Balaban J connectivity index is 0.00000407. The monoisotopic (exact) mass is 469 g/mol. The van der Waals surface area contributed by atoms with Crippen LogP contribution in [0, 0.1) is 5.82 Å². The second kappa shape index (κ2) is 12.7. The molecule has 0 bridgehead atoms. The summed E-state index contributed by atoms with van der Waals surface area (Å²) in [7, 11) is 0. The zero-order valence-corrected chi connectivity index (χ0v) is 18.9. The summed E-state index contributed by atoms with van der Waals surface area (Å²) >= 11 is 7.15. The summed E-state index contributed by atoms with van der Waals surface area (Å²) in [6.45, 7) is 7.05. The second-order valence-electron chi connectivity index (χ2n) is 5.91. The van der Waals surface area contributed by atoms with Crippen molar-refractivity contribution in [3.8, 4) is 0 Å². The number of amides is 2. The van der Waals surface area contributed by atoms with Gasteiger partial charge in [-0.1, -0.05) is 25.4 Å². The number of carbonyl (C=O) groups is 3. The fourth-order valence-electron chi connectivity index (χ4n) is 2.08. The van der Waals surface area contributed by atoms with Crippen molar-refractivity contribution in [1.82, 2.24) is 0 Å². The van der Waals surface area contributed by atoms with Crippen LogP contribution in [0.2, 0.25) is 5.02 Å². The Kier molecular flexibility index (Phi) is 11.9. The van der Waals surface area contributed by atoms with Crippen molar-refractivity contribution < 1.29 is 31.9 Å². The summed E-state index contributed by atoms with van der Waals surface area (Å²) in [5.74, 6) is -2.83. The first kappa shape index (κ1) is 28.1. The van der Waals surface area contributed by atoms with Gasteiger partial charge in [-0.05, 0) is 38.2 Å². The number of imide groups is 1. The quantitative estimate of drug-likeness (QED) is 0.202. The SMILES string of the molecule is CC.CC(=O)CCCSc1cc(N(C(C)=O)C(=O)/C=C(\C)C(F)(F)F)c(F)cc1Cl. The Labute approximate surface area is 182 Å². The van der Waals surface area contributed by atoms with E-state index in [9.17, 15) is 31.9 Å². The van der Waals surface area contributed by atoms with Crippen LogP contribution < -0.4 is 4.90 Å². The summed E-state index contributed by atoms with van der Waals surface area (Å²) in [6.07, 6.45) is -3.65. The summed E-state index contributed by atoms with van der Waals surface area (Å²) in [4.78, 5) is 35.7. The van der Waals surface area contributed by atoms with Gasteiger partial charge in [-0.25, -0.2) is 9.29 Å². The van der Waals surface area contributed by atoms with Crippen LogP contribution >= 0.6 is 23.4 Å². The van der Waals surface area contributed by atoms with Crippen LogP contribution in [0.4, 0.5) is 23.2 Å². The molecule has 0 N–H and O–H groups in total. The first-order valence-electron chi connectivity index (χ1n) is 9.06. The van der Waals surface area contributed by atoms with Gasteiger partial charge in [0.25, 0.3) is 5.91 Å². The van der Waals surface area contributed by atoms with Crippen molar-refractivity contribution >= 4 is 46.6 Å². The molecule has 0 radical (unpaired) electrons.